The van der Waals surface area contributed by atoms with Gasteiger partial charge >= 0.3 is 5.97 Å². The van der Waals surface area contributed by atoms with Gasteiger partial charge in [-0.15, -0.1) is 0 Å². The van der Waals surface area contributed by atoms with Crippen molar-refractivity contribution >= 4 is 29.3 Å². The maximum Gasteiger partial charge on any atom is 0.310 e. The summed E-state index contributed by atoms with van der Waals surface area (Å²) in [7, 11) is 0. The topological polar surface area (TPSA) is 63.7 Å². The molecule has 2 rings (SSSR count). The number of hydrogen-bond donors (Lipinski definition) is 0. The molecular weight excluding hydrogens is 330 g/mol. The summed E-state index contributed by atoms with van der Waals surface area (Å²) in [6.07, 6.45) is 1.79. The molecule has 0 saturated carbocycles. The van der Waals surface area contributed by atoms with Crippen LogP contribution in [0.5, 0.6) is 0 Å². The van der Waals surface area contributed by atoms with E-state index in [9.17, 15) is 14.4 Å². The average Bonchev–Trinajstić information content (AvgIpc) is 2.59. The van der Waals surface area contributed by atoms with E-state index in [1.807, 2.05) is 0 Å². The van der Waals surface area contributed by atoms with Gasteiger partial charge in [0.1, 0.15) is 0 Å². The zero-order valence-corrected chi connectivity index (χ0v) is 14.6. The Morgan fingerprint density at radius 1 is 1.29 bits per heavy atom. The van der Waals surface area contributed by atoms with Crippen molar-refractivity contribution in [3.05, 3.63) is 34.9 Å². The molecule has 1 aliphatic heterocycles. The second kappa shape index (κ2) is 8.83. The third-order valence-electron chi connectivity index (χ3n) is 4.11. The first-order valence-corrected chi connectivity index (χ1v) is 8.62. The Morgan fingerprint density at radius 2 is 2.08 bits per heavy atom. The maximum atomic E-state index is 12.3. The van der Waals surface area contributed by atoms with E-state index < -0.39 is 0 Å². The molecule has 0 bridgehead atoms. The molecule has 1 heterocycles. The fourth-order valence-electron chi connectivity index (χ4n) is 2.84. The first-order valence-electron chi connectivity index (χ1n) is 8.24. The van der Waals surface area contributed by atoms with Gasteiger partial charge in [-0.1, -0.05) is 23.7 Å². The van der Waals surface area contributed by atoms with Gasteiger partial charge in [-0.3, -0.25) is 14.4 Å². The molecular formula is C18H22ClNO4. The second-order valence-electron chi connectivity index (χ2n) is 5.86. The Morgan fingerprint density at radius 3 is 2.79 bits per heavy atom. The van der Waals surface area contributed by atoms with Crippen LogP contribution < -0.4 is 0 Å². The molecule has 0 aliphatic carbocycles. The molecule has 1 fully saturated rings. The van der Waals surface area contributed by atoms with Gasteiger partial charge in [0, 0.05) is 36.5 Å². The number of hydrogen-bond acceptors (Lipinski definition) is 4. The van der Waals surface area contributed by atoms with Gasteiger partial charge in [0.05, 0.1) is 12.5 Å². The summed E-state index contributed by atoms with van der Waals surface area (Å²) < 4.78 is 5.03. The third kappa shape index (κ3) is 5.06. The fraction of sp³-hybridized carbons (Fsp3) is 0.500. The van der Waals surface area contributed by atoms with E-state index in [0.717, 1.165) is 12.8 Å². The number of benzene rings is 1. The largest absolute Gasteiger partial charge is 0.466 e. The SMILES string of the molecule is CCOC(=O)C1CCCN(C(=O)CCC(=O)c2cccc(Cl)c2)C1. The van der Waals surface area contributed by atoms with E-state index in [4.69, 9.17) is 16.3 Å². The highest BCUT2D eigenvalue weighted by Crippen LogP contribution is 2.19. The molecule has 24 heavy (non-hydrogen) atoms. The number of carbonyl (C=O) groups excluding carboxylic acids is 3. The van der Waals surface area contributed by atoms with Crippen LogP contribution >= 0.6 is 11.6 Å². The minimum absolute atomic E-state index is 0.0978. The lowest BCUT2D eigenvalue weighted by Gasteiger charge is -2.31. The minimum Gasteiger partial charge on any atom is -0.466 e. The molecule has 0 radical (unpaired) electrons. The Kier molecular flexibility index (Phi) is 6.79. The minimum atomic E-state index is -0.258. The van der Waals surface area contributed by atoms with Crippen LogP contribution in [-0.4, -0.2) is 42.3 Å². The molecule has 1 atom stereocenters. The second-order valence-corrected chi connectivity index (χ2v) is 6.30. The summed E-state index contributed by atoms with van der Waals surface area (Å²) in [4.78, 5) is 37.9. The first-order chi connectivity index (χ1) is 11.5. The zero-order valence-electron chi connectivity index (χ0n) is 13.8. The van der Waals surface area contributed by atoms with Crippen molar-refractivity contribution in [3.63, 3.8) is 0 Å². The molecule has 130 valence electrons. The predicted molar refractivity (Wildman–Crippen MR) is 91.0 cm³/mol. The van der Waals surface area contributed by atoms with Crippen LogP contribution in [-0.2, 0) is 14.3 Å². The summed E-state index contributed by atoms with van der Waals surface area (Å²) in [5.41, 5.74) is 0.512. The van der Waals surface area contributed by atoms with Crippen LogP contribution in [0.15, 0.2) is 24.3 Å². The molecule has 1 aromatic carbocycles. The summed E-state index contributed by atoms with van der Waals surface area (Å²) >= 11 is 5.87. The van der Waals surface area contributed by atoms with Crippen molar-refractivity contribution in [2.75, 3.05) is 19.7 Å². The number of carbonyl (C=O) groups is 3. The summed E-state index contributed by atoms with van der Waals surface area (Å²) in [6.45, 7) is 3.12. The van der Waals surface area contributed by atoms with E-state index in [1.54, 1.807) is 36.1 Å². The number of halogens is 1. The van der Waals surface area contributed by atoms with E-state index in [0.29, 0.717) is 30.3 Å². The molecule has 1 unspecified atom stereocenters. The van der Waals surface area contributed by atoms with E-state index in [2.05, 4.69) is 0 Å². The van der Waals surface area contributed by atoms with Crippen molar-refractivity contribution in [2.45, 2.75) is 32.6 Å². The highest BCUT2D eigenvalue weighted by atomic mass is 35.5. The van der Waals surface area contributed by atoms with Crippen LogP contribution in [0.2, 0.25) is 5.02 Å². The summed E-state index contributed by atoms with van der Waals surface area (Å²) in [5, 5.41) is 0.500. The highest BCUT2D eigenvalue weighted by molar-refractivity contribution is 6.31. The number of esters is 1. The summed E-state index contributed by atoms with van der Waals surface area (Å²) in [5.74, 6) is -0.708. The lowest BCUT2D eigenvalue weighted by molar-refractivity contribution is -0.151. The normalized spacial score (nSPS) is 17.4. The molecule has 1 aliphatic rings. The van der Waals surface area contributed by atoms with Crippen LogP contribution in [0.25, 0.3) is 0 Å². The number of ether oxygens (including phenoxy) is 1. The molecule has 0 spiro atoms. The number of piperidine rings is 1. The molecule has 1 aromatic rings. The maximum absolute atomic E-state index is 12.3. The fourth-order valence-corrected chi connectivity index (χ4v) is 3.03. The Labute approximate surface area is 146 Å². The van der Waals surface area contributed by atoms with E-state index in [-0.39, 0.29) is 36.4 Å². The Balaban J connectivity index is 1.85. The summed E-state index contributed by atoms with van der Waals surface area (Å²) in [6, 6.07) is 6.71. The number of ketones is 1. The van der Waals surface area contributed by atoms with Crippen molar-refractivity contribution in [1.29, 1.82) is 0 Å². The van der Waals surface area contributed by atoms with Crippen molar-refractivity contribution in [3.8, 4) is 0 Å². The molecule has 0 N–H and O–H groups in total. The van der Waals surface area contributed by atoms with Gasteiger partial charge in [0.2, 0.25) is 5.91 Å². The van der Waals surface area contributed by atoms with Crippen LogP contribution in [0.1, 0.15) is 43.0 Å². The molecule has 0 aromatic heterocycles. The third-order valence-corrected chi connectivity index (χ3v) is 4.34. The standard InChI is InChI=1S/C18H22ClNO4/c1-2-24-18(23)14-6-4-10-20(12-14)17(22)9-8-16(21)13-5-3-7-15(19)11-13/h3,5,7,11,14H,2,4,6,8-10,12H2,1H3. The van der Waals surface area contributed by atoms with Crippen LogP contribution in [0.3, 0.4) is 0 Å². The van der Waals surface area contributed by atoms with Crippen LogP contribution in [0, 0.1) is 5.92 Å². The molecule has 6 heteroatoms. The number of Topliss-reactive ketones (excluding diaryl/α,β-unsaturated/α-hetero) is 1. The number of rotatable bonds is 6. The number of nitrogens with zero attached hydrogens (tertiary/aromatic N) is 1. The van der Waals surface area contributed by atoms with Gasteiger partial charge < -0.3 is 9.64 Å². The Bertz CT molecular complexity index is 617. The lowest BCUT2D eigenvalue weighted by atomic mass is 9.97. The van der Waals surface area contributed by atoms with Gasteiger partial charge in [-0.05, 0) is 31.9 Å². The van der Waals surface area contributed by atoms with Crippen LogP contribution in [0.4, 0.5) is 0 Å². The molecule has 1 saturated heterocycles. The number of likely N-dealkylation sites (tertiary alicyclic amines) is 1. The predicted octanol–water partition coefficient (Wildman–Crippen LogP) is 3.10. The molecule has 5 nitrogen and oxygen atoms in total. The van der Waals surface area contributed by atoms with Crippen molar-refractivity contribution in [2.24, 2.45) is 5.92 Å². The highest BCUT2D eigenvalue weighted by Gasteiger charge is 2.29. The van der Waals surface area contributed by atoms with Gasteiger partial charge in [0.15, 0.2) is 5.78 Å². The van der Waals surface area contributed by atoms with Gasteiger partial charge in [-0.2, -0.15) is 0 Å². The van der Waals surface area contributed by atoms with Gasteiger partial charge in [-0.25, -0.2) is 0 Å². The zero-order chi connectivity index (χ0) is 17.5. The van der Waals surface area contributed by atoms with Gasteiger partial charge in [0.25, 0.3) is 0 Å². The average molecular weight is 352 g/mol. The smallest absolute Gasteiger partial charge is 0.310 e. The first kappa shape index (κ1) is 18.5. The quantitative estimate of drug-likeness (QED) is 0.583. The van der Waals surface area contributed by atoms with E-state index in [1.165, 1.54) is 0 Å². The monoisotopic (exact) mass is 351 g/mol. The lowest BCUT2D eigenvalue weighted by Crippen LogP contribution is -2.42. The van der Waals surface area contributed by atoms with Crippen molar-refractivity contribution < 1.29 is 19.1 Å². The van der Waals surface area contributed by atoms with E-state index >= 15 is 0 Å². The Hall–Kier alpha value is -1.88. The van der Waals surface area contributed by atoms with Crippen molar-refractivity contribution in [1.82, 2.24) is 4.90 Å². The molecule has 1 amide bonds. The number of amides is 1.